The van der Waals surface area contributed by atoms with E-state index < -0.39 is 82.3 Å². The van der Waals surface area contributed by atoms with Crippen molar-refractivity contribution >= 4 is 28.9 Å². The van der Waals surface area contributed by atoms with Gasteiger partial charge < -0.3 is 4.74 Å². The molecule has 0 fully saturated rings. The Balaban J connectivity index is 3.66. The molecule has 0 saturated heterocycles. The number of hydrogen-bond acceptors (Lipinski definition) is 1. The molecule has 188 valence electrons. The molecule has 1 aromatic carbocycles. The average molecular weight is 575 g/mol. The summed E-state index contributed by atoms with van der Waals surface area (Å²) < 4.78 is 215. The number of hydrogen-bond donors (Lipinski definition) is 0. The Hall–Kier alpha value is -1.82. The fourth-order valence-corrected chi connectivity index (χ4v) is 4.11. The first-order chi connectivity index (χ1) is 14.6. The number of ether oxygens (including phenoxy) is 1. The molecule has 0 heterocycles. The van der Waals surface area contributed by atoms with Crippen molar-refractivity contribution in [1.82, 2.24) is 0 Å². The van der Waals surface area contributed by atoms with Gasteiger partial charge in [-0.1, -0.05) is 0 Å². The van der Waals surface area contributed by atoms with Crippen molar-refractivity contribution in [2.24, 2.45) is 0 Å². The van der Waals surface area contributed by atoms with Gasteiger partial charge in [0.25, 0.3) is 0 Å². The molecule has 1 rings (SSSR count). The van der Waals surface area contributed by atoms with Crippen molar-refractivity contribution in [2.45, 2.75) is 17.6 Å². The Labute approximate surface area is 180 Å². The predicted octanol–water partition coefficient (Wildman–Crippen LogP) is 7.85. The third kappa shape index (κ3) is 4.60. The molecular weight excluding hydrogens is 575 g/mol. The lowest BCUT2D eigenvalue weighted by molar-refractivity contribution is -0.355. The van der Waals surface area contributed by atoms with Gasteiger partial charge in [-0.25, -0.2) is 30.7 Å². The fraction of sp³-hybridized carbons (Fsp3) is 0.231. The van der Waals surface area contributed by atoms with Crippen LogP contribution in [-0.2, 0) is 0 Å². The normalized spacial score (nSPS) is 14.2. The summed E-state index contributed by atoms with van der Waals surface area (Å²) in [7, 11) is 0. The summed E-state index contributed by atoms with van der Waals surface area (Å²) in [6.07, 6.45) is -10.8. The van der Waals surface area contributed by atoms with Gasteiger partial charge in [-0.05, 0) is 0 Å². The van der Waals surface area contributed by atoms with Crippen LogP contribution in [0.2, 0.25) is 0 Å². The van der Waals surface area contributed by atoms with Gasteiger partial charge in [0.05, 0.1) is 0 Å². The molecule has 0 saturated carbocycles. The molecule has 0 aliphatic rings. The summed E-state index contributed by atoms with van der Waals surface area (Å²) in [5.41, 5.74) is -10.8. The molecule has 0 radical (unpaired) electrons. The smallest absolute Gasteiger partial charge is 0.421 e. The lowest BCUT2D eigenvalue weighted by atomic mass is 10.2. The molecule has 1 aromatic rings. The van der Waals surface area contributed by atoms with Crippen LogP contribution in [0.5, 0.6) is 5.75 Å². The van der Waals surface area contributed by atoms with Gasteiger partial charge in [0.2, 0.25) is 40.7 Å². The first kappa shape index (κ1) is 29.2. The first-order valence-corrected chi connectivity index (χ1v) is 11.1. The average Bonchev–Trinajstić information content (AvgIpc) is 2.71. The number of halogens is 18. The highest BCUT2D eigenvalue weighted by atomic mass is 35.7. The topological polar surface area (TPSA) is 9.23 Å². The van der Waals surface area contributed by atoms with Gasteiger partial charge in [0.1, 0.15) is 0 Å². The van der Waals surface area contributed by atoms with Crippen molar-refractivity contribution < 1.29 is 75.0 Å². The quantitative estimate of drug-likeness (QED) is 0.0804. The molecule has 33 heavy (non-hydrogen) atoms. The van der Waals surface area contributed by atoms with Crippen LogP contribution in [0.3, 0.4) is 0 Å². The lowest BCUT2D eigenvalue weighted by Gasteiger charge is -2.36. The van der Waals surface area contributed by atoms with Crippen LogP contribution in [0.1, 0.15) is 0 Å². The van der Waals surface area contributed by atoms with Crippen molar-refractivity contribution in [3.8, 4) is 5.75 Å². The predicted molar refractivity (Wildman–Crippen MR) is 78.8 cm³/mol. The maximum Gasteiger partial charge on any atom is 0.470 e. The molecule has 0 amide bonds. The Kier molecular flexibility index (Phi) is 8.04. The largest absolute Gasteiger partial charge is 0.470 e. The van der Waals surface area contributed by atoms with Crippen molar-refractivity contribution in [1.29, 1.82) is 0 Å². The minimum Gasteiger partial charge on any atom is -0.421 e. The molecule has 0 aliphatic heterocycles. The summed E-state index contributed by atoms with van der Waals surface area (Å²) in [6, 6.07) is 0. The van der Waals surface area contributed by atoms with Gasteiger partial charge in [-0.2, -0.15) is 39.5 Å². The second kappa shape index (κ2) is 9.08. The molecule has 0 aromatic heterocycles. The van der Waals surface area contributed by atoms with Gasteiger partial charge in [-0.3, -0.25) is 0 Å². The molecule has 0 aliphatic carbocycles. The SMILES string of the molecule is FC(F)=C(F)C(F)=C(F)[Si](Cl)(Cl)C(F)(F)C(F)(F)C(F)(F)Oc1c(F)c(F)c(F)c(F)c1F. The molecule has 0 atom stereocenters. The highest BCUT2D eigenvalue weighted by Gasteiger charge is 2.83. The number of alkyl halides is 6. The standard InChI is InChI=1S/C13Cl2F16OSi/c14-33(15,10(25)7(22)6(21)9(23)24)13(30,31)11(26,27)12(28,29)32-8-4(19)2(17)1(16)3(18)5(8)20. The van der Waals surface area contributed by atoms with E-state index in [2.05, 4.69) is 26.9 Å². The molecule has 0 spiro atoms. The van der Waals surface area contributed by atoms with E-state index in [9.17, 15) is 70.2 Å². The molecule has 0 N–H and O–H groups in total. The second-order valence-corrected chi connectivity index (χ2v) is 11.6. The van der Waals surface area contributed by atoms with E-state index in [1.165, 1.54) is 0 Å². The fourth-order valence-electron chi connectivity index (χ4n) is 1.70. The summed E-state index contributed by atoms with van der Waals surface area (Å²) in [5, 5.41) is 0. The summed E-state index contributed by atoms with van der Waals surface area (Å²) in [6.45, 7) is -7.49. The Bertz CT molecular complexity index is 987. The Morgan fingerprint density at radius 1 is 0.636 bits per heavy atom. The number of rotatable bonds is 7. The number of allylic oxidation sites excluding steroid dienone is 2. The van der Waals surface area contributed by atoms with Crippen LogP contribution < -0.4 is 4.74 Å². The van der Waals surface area contributed by atoms with Crippen molar-refractivity contribution in [3.05, 3.63) is 52.3 Å². The van der Waals surface area contributed by atoms with E-state index >= 15 is 0 Å². The van der Waals surface area contributed by atoms with E-state index in [1.54, 1.807) is 0 Å². The van der Waals surface area contributed by atoms with Gasteiger partial charge in [-0.15, -0.1) is 22.2 Å². The Morgan fingerprint density at radius 3 is 1.36 bits per heavy atom. The summed E-state index contributed by atoms with van der Waals surface area (Å²) >= 11 is 9.02. The molecule has 1 nitrogen and oxygen atoms in total. The van der Waals surface area contributed by atoms with Crippen LogP contribution in [0.15, 0.2) is 23.2 Å². The summed E-state index contributed by atoms with van der Waals surface area (Å²) in [4.78, 5) is 0. The van der Waals surface area contributed by atoms with Crippen LogP contribution in [0.4, 0.5) is 70.2 Å². The zero-order valence-corrected chi connectivity index (χ0v) is 16.7. The number of benzene rings is 1. The van der Waals surface area contributed by atoms with E-state index in [0.29, 0.717) is 0 Å². The zero-order chi connectivity index (χ0) is 26.5. The van der Waals surface area contributed by atoms with Gasteiger partial charge in [0.15, 0.2) is 11.3 Å². The maximum absolute atomic E-state index is 14.0. The monoisotopic (exact) mass is 574 g/mol. The molecular formula is C13Cl2F16OSi. The second-order valence-electron chi connectivity index (χ2n) is 5.44. The van der Waals surface area contributed by atoms with Crippen LogP contribution in [0.25, 0.3) is 0 Å². The van der Waals surface area contributed by atoms with Gasteiger partial charge in [0, 0.05) is 0 Å². The minimum absolute atomic E-state index is 2.56. The van der Waals surface area contributed by atoms with Crippen LogP contribution in [0, 0.1) is 29.1 Å². The molecule has 20 heteroatoms. The van der Waals surface area contributed by atoms with E-state index in [4.69, 9.17) is 0 Å². The van der Waals surface area contributed by atoms with Crippen LogP contribution in [-0.4, -0.2) is 24.3 Å². The van der Waals surface area contributed by atoms with E-state index in [-0.39, 0.29) is 0 Å². The first-order valence-electron chi connectivity index (χ1n) is 7.06. The van der Waals surface area contributed by atoms with Crippen LogP contribution >= 0.6 is 22.2 Å². The summed E-state index contributed by atoms with van der Waals surface area (Å²) in [5.74, 6) is -33.7. The highest BCUT2D eigenvalue weighted by molar-refractivity contribution is 7.49. The van der Waals surface area contributed by atoms with Crippen molar-refractivity contribution in [2.75, 3.05) is 0 Å². The molecule has 0 bridgehead atoms. The van der Waals surface area contributed by atoms with Gasteiger partial charge >= 0.3 is 30.4 Å². The van der Waals surface area contributed by atoms with E-state index in [0.717, 1.165) is 0 Å². The van der Waals surface area contributed by atoms with E-state index in [1.807, 2.05) is 0 Å². The minimum atomic E-state index is -7.49. The third-order valence-electron chi connectivity index (χ3n) is 3.38. The lowest BCUT2D eigenvalue weighted by Crippen LogP contribution is -2.66. The Morgan fingerprint density at radius 2 is 1.00 bits per heavy atom. The van der Waals surface area contributed by atoms with Crippen molar-refractivity contribution in [3.63, 3.8) is 0 Å². The highest BCUT2D eigenvalue weighted by Crippen LogP contribution is 2.56. The molecule has 0 unspecified atom stereocenters. The third-order valence-corrected chi connectivity index (χ3v) is 7.67. The zero-order valence-electron chi connectivity index (χ0n) is 14.2. The maximum atomic E-state index is 14.0.